The van der Waals surface area contributed by atoms with Crippen LogP contribution in [0.25, 0.3) is 0 Å². The minimum atomic E-state index is -0.766. The first-order valence-corrected chi connectivity index (χ1v) is 6.49. The van der Waals surface area contributed by atoms with Crippen LogP contribution >= 0.6 is 12.4 Å². The Morgan fingerprint density at radius 2 is 2.37 bits per heavy atom. The number of hydrogen-bond donors (Lipinski definition) is 1. The SMILES string of the molecule is CCCCc1noc(CN2CCC[C@H]2C(=O)O)n1.Cl. The second-order valence-electron chi connectivity index (χ2n) is 4.67. The van der Waals surface area contributed by atoms with Crippen molar-refractivity contribution in [3.63, 3.8) is 0 Å². The number of hydrogen-bond acceptors (Lipinski definition) is 5. The third-order valence-electron chi connectivity index (χ3n) is 3.25. The van der Waals surface area contributed by atoms with Gasteiger partial charge in [0, 0.05) is 6.42 Å². The molecule has 1 fully saturated rings. The van der Waals surface area contributed by atoms with E-state index in [2.05, 4.69) is 17.1 Å². The summed E-state index contributed by atoms with van der Waals surface area (Å²) in [5.41, 5.74) is 0. The van der Waals surface area contributed by atoms with Gasteiger partial charge in [0.2, 0.25) is 5.89 Å². The van der Waals surface area contributed by atoms with Crippen LogP contribution in [0.2, 0.25) is 0 Å². The van der Waals surface area contributed by atoms with Gasteiger partial charge < -0.3 is 9.63 Å². The molecular formula is C12H20ClN3O3. The van der Waals surface area contributed by atoms with Gasteiger partial charge >= 0.3 is 5.97 Å². The molecule has 0 radical (unpaired) electrons. The zero-order chi connectivity index (χ0) is 13.0. The number of aryl methyl sites for hydroxylation is 1. The maximum absolute atomic E-state index is 11.0. The highest BCUT2D eigenvalue weighted by Crippen LogP contribution is 2.19. The molecule has 0 amide bonds. The van der Waals surface area contributed by atoms with E-state index in [1.807, 2.05) is 4.90 Å². The quantitative estimate of drug-likeness (QED) is 0.861. The van der Waals surface area contributed by atoms with E-state index in [4.69, 9.17) is 9.63 Å². The van der Waals surface area contributed by atoms with Gasteiger partial charge in [0.1, 0.15) is 6.04 Å². The van der Waals surface area contributed by atoms with Crippen molar-refractivity contribution in [1.82, 2.24) is 15.0 Å². The standard InChI is InChI=1S/C12H19N3O3.ClH/c1-2-3-6-10-13-11(18-14-10)8-15-7-4-5-9(15)12(16)17;/h9H,2-8H2,1H3,(H,16,17);1H/t9-;/m0./s1. The number of carboxylic acids is 1. The highest BCUT2D eigenvalue weighted by atomic mass is 35.5. The highest BCUT2D eigenvalue weighted by Gasteiger charge is 2.31. The van der Waals surface area contributed by atoms with Crippen molar-refractivity contribution in [3.8, 4) is 0 Å². The molecule has 1 N–H and O–H groups in total. The van der Waals surface area contributed by atoms with Gasteiger partial charge in [-0.25, -0.2) is 0 Å². The second kappa shape index (κ2) is 7.45. The van der Waals surface area contributed by atoms with Gasteiger partial charge in [-0.15, -0.1) is 12.4 Å². The van der Waals surface area contributed by atoms with Crippen molar-refractivity contribution in [2.45, 2.75) is 51.6 Å². The van der Waals surface area contributed by atoms with Crippen LogP contribution in [-0.2, 0) is 17.8 Å². The Bertz CT molecular complexity index is 411. The predicted octanol–water partition coefficient (Wildman–Crippen LogP) is 1.88. The average Bonchev–Trinajstić information content (AvgIpc) is 2.96. The molecule has 19 heavy (non-hydrogen) atoms. The van der Waals surface area contributed by atoms with Crippen LogP contribution in [0.1, 0.15) is 44.3 Å². The average molecular weight is 290 g/mol. The molecule has 1 aromatic heterocycles. The van der Waals surface area contributed by atoms with Gasteiger partial charge in [-0.3, -0.25) is 9.69 Å². The van der Waals surface area contributed by atoms with Crippen LogP contribution < -0.4 is 0 Å². The highest BCUT2D eigenvalue weighted by molar-refractivity contribution is 5.85. The first-order valence-electron chi connectivity index (χ1n) is 6.49. The van der Waals surface area contributed by atoms with E-state index in [-0.39, 0.29) is 12.4 Å². The topological polar surface area (TPSA) is 79.5 Å². The molecule has 0 aromatic carbocycles. The Labute approximate surface area is 118 Å². The van der Waals surface area contributed by atoms with Crippen LogP contribution in [0.15, 0.2) is 4.52 Å². The molecule has 0 saturated carbocycles. The van der Waals surface area contributed by atoms with Crippen molar-refractivity contribution in [3.05, 3.63) is 11.7 Å². The zero-order valence-electron chi connectivity index (χ0n) is 11.0. The summed E-state index contributed by atoms with van der Waals surface area (Å²) in [7, 11) is 0. The molecule has 6 nitrogen and oxygen atoms in total. The summed E-state index contributed by atoms with van der Waals surface area (Å²) in [6, 6.07) is -0.406. The van der Waals surface area contributed by atoms with Crippen molar-refractivity contribution in [2.75, 3.05) is 6.54 Å². The molecule has 1 atom stereocenters. The summed E-state index contributed by atoms with van der Waals surface area (Å²) in [5, 5.41) is 13.0. The Morgan fingerprint density at radius 1 is 1.58 bits per heavy atom. The lowest BCUT2D eigenvalue weighted by atomic mass is 10.2. The smallest absolute Gasteiger partial charge is 0.320 e. The second-order valence-corrected chi connectivity index (χ2v) is 4.67. The summed E-state index contributed by atoms with van der Waals surface area (Å²) in [5.74, 6) is 0.477. The van der Waals surface area contributed by atoms with E-state index < -0.39 is 12.0 Å². The molecule has 2 heterocycles. The predicted molar refractivity (Wildman–Crippen MR) is 71.2 cm³/mol. The van der Waals surface area contributed by atoms with Gasteiger partial charge in [-0.1, -0.05) is 18.5 Å². The van der Waals surface area contributed by atoms with Crippen LogP contribution in [0, 0.1) is 0 Å². The third-order valence-corrected chi connectivity index (χ3v) is 3.25. The fourth-order valence-corrected chi connectivity index (χ4v) is 2.26. The lowest BCUT2D eigenvalue weighted by Crippen LogP contribution is -2.35. The molecule has 1 saturated heterocycles. The molecule has 0 spiro atoms. The van der Waals surface area contributed by atoms with Crippen LogP contribution in [0.5, 0.6) is 0 Å². The largest absolute Gasteiger partial charge is 0.480 e. The van der Waals surface area contributed by atoms with Crippen molar-refractivity contribution < 1.29 is 14.4 Å². The molecule has 108 valence electrons. The van der Waals surface area contributed by atoms with Crippen molar-refractivity contribution >= 4 is 18.4 Å². The summed E-state index contributed by atoms with van der Waals surface area (Å²) in [6.07, 6.45) is 4.57. The maximum Gasteiger partial charge on any atom is 0.320 e. The Hall–Kier alpha value is -1.14. The summed E-state index contributed by atoms with van der Waals surface area (Å²) in [6.45, 7) is 3.34. The Morgan fingerprint density at radius 3 is 3.05 bits per heavy atom. The van der Waals surface area contributed by atoms with Gasteiger partial charge in [0.25, 0.3) is 0 Å². The molecule has 1 aromatic rings. The normalized spacial score (nSPS) is 19.3. The van der Waals surface area contributed by atoms with E-state index >= 15 is 0 Å². The monoisotopic (exact) mass is 289 g/mol. The van der Waals surface area contributed by atoms with Gasteiger partial charge in [-0.2, -0.15) is 4.98 Å². The number of carboxylic acid groups (broad SMARTS) is 1. The number of aliphatic carboxylic acids is 1. The van der Waals surface area contributed by atoms with Gasteiger partial charge in [0.05, 0.1) is 6.54 Å². The maximum atomic E-state index is 11.0. The Kier molecular flexibility index (Phi) is 6.24. The van der Waals surface area contributed by atoms with Crippen LogP contribution in [0.4, 0.5) is 0 Å². The first-order chi connectivity index (χ1) is 8.70. The lowest BCUT2D eigenvalue weighted by molar-refractivity contribution is -0.142. The van der Waals surface area contributed by atoms with E-state index in [1.54, 1.807) is 0 Å². The third kappa shape index (κ3) is 4.18. The molecule has 7 heteroatoms. The molecular weight excluding hydrogens is 270 g/mol. The van der Waals surface area contributed by atoms with Crippen LogP contribution in [0.3, 0.4) is 0 Å². The molecule has 0 bridgehead atoms. The van der Waals surface area contributed by atoms with E-state index in [0.717, 1.165) is 38.1 Å². The minimum Gasteiger partial charge on any atom is -0.480 e. The zero-order valence-corrected chi connectivity index (χ0v) is 11.9. The number of nitrogens with zero attached hydrogens (tertiary/aromatic N) is 3. The fourth-order valence-electron chi connectivity index (χ4n) is 2.26. The van der Waals surface area contributed by atoms with E-state index in [9.17, 15) is 4.79 Å². The number of rotatable bonds is 6. The number of halogens is 1. The summed E-state index contributed by atoms with van der Waals surface area (Å²) >= 11 is 0. The van der Waals surface area contributed by atoms with Crippen LogP contribution in [-0.4, -0.2) is 38.7 Å². The molecule has 0 aliphatic carbocycles. The Balaban J connectivity index is 0.00000180. The van der Waals surface area contributed by atoms with Gasteiger partial charge in [0.15, 0.2) is 5.82 Å². The van der Waals surface area contributed by atoms with Crippen molar-refractivity contribution in [2.24, 2.45) is 0 Å². The number of aromatic nitrogens is 2. The molecule has 0 unspecified atom stereocenters. The molecule has 1 aliphatic heterocycles. The fraction of sp³-hybridized carbons (Fsp3) is 0.750. The van der Waals surface area contributed by atoms with E-state index in [0.29, 0.717) is 18.9 Å². The lowest BCUT2D eigenvalue weighted by Gasteiger charge is -2.18. The molecule has 2 rings (SSSR count). The molecule has 1 aliphatic rings. The van der Waals surface area contributed by atoms with Crippen molar-refractivity contribution in [1.29, 1.82) is 0 Å². The summed E-state index contributed by atoms with van der Waals surface area (Å²) < 4.78 is 5.16. The minimum absolute atomic E-state index is 0. The van der Waals surface area contributed by atoms with Gasteiger partial charge in [-0.05, 0) is 25.8 Å². The number of unbranched alkanes of at least 4 members (excludes halogenated alkanes) is 1. The summed E-state index contributed by atoms with van der Waals surface area (Å²) in [4.78, 5) is 17.2. The number of carbonyl (C=O) groups is 1. The number of likely N-dealkylation sites (tertiary alicyclic amines) is 1. The first kappa shape index (κ1) is 15.9. The van der Waals surface area contributed by atoms with E-state index in [1.165, 1.54) is 0 Å².